The van der Waals surface area contributed by atoms with Crippen LogP contribution in [-0.4, -0.2) is 23.0 Å². The molecule has 5 heteroatoms. The molecule has 1 aliphatic heterocycles. The Kier molecular flexibility index (Phi) is 3.12. The van der Waals surface area contributed by atoms with Crippen LogP contribution in [0.1, 0.15) is 5.76 Å². The number of amides is 1. The second kappa shape index (κ2) is 4.94. The van der Waals surface area contributed by atoms with Crippen LogP contribution in [0.5, 0.6) is 0 Å². The molecule has 1 amide bonds. The number of likely N-dealkylation sites (N-methyl/N-ethyl adjacent to an activating group) is 1. The van der Waals surface area contributed by atoms with E-state index in [0.29, 0.717) is 16.6 Å². The second-order valence-corrected chi connectivity index (χ2v) is 4.73. The highest BCUT2D eigenvalue weighted by molar-refractivity contribution is 7.80. The Hall–Kier alpha value is -2.40. The molecule has 0 atom stereocenters. The van der Waals surface area contributed by atoms with Gasteiger partial charge in [0.15, 0.2) is 5.11 Å². The molecule has 1 fully saturated rings. The first-order valence-corrected chi connectivity index (χ1v) is 6.51. The van der Waals surface area contributed by atoms with Crippen LogP contribution in [0.15, 0.2) is 58.8 Å². The van der Waals surface area contributed by atoms with Crippen molar-refractivity contribution in [1.29, 1.82) is 0 Å². The number of carbonyl (C=O) groups is 1. The third-order valence-electron chi connectivity index (χ3n) is 3.10. The number of rotatable bonds is 2. The molecule has 0 N–H and O–H groups in total. The average Bonchev–Trinajstić information content (AvgIpc) is 3.04. The Bertz CT molecular complexity index is 677. The minimum absolute atomic E-state index is 0.153. The highest BCUT2D eigenvalue weighted by Crippen LogP contribution is 2.27. The van der Waals surface area contributed by atoms with Crippen molar-refractivity contribution < 1.29 is 9.21 Å². The number of hydrogen-bond donors (Lipinski definition) is 0. The van der Waals surface area contributed by atoms with Crippen LogP contribution in [0.3, 0.4) is 0 Å². The van der Waals surface area contributed by atoms with E-state index in [1.54, 1.807) is 36.4 Å². The van der Waals surface area contributed by atoms with Gasteiger partial charge in [0.25, 0.3) is 5.91 Å². The third kappa shape index (κ3) is 2.02. The first-order chi connectivity index (χ1) is 9.68. The quantitative estimate of drug-likeness (QED) is 0.627. The first kappa shape index (κ1) is 12.6. The van der Waals surface area contributed by atoms with Gasteiger partial charge in [-0.05, 0) is 36.5 Å². The highest BCUT2D eigenvalue weighted by atomic mass is 32.1. The summed E-state index contributed by atoms with van der Waals surface area (Å²) in [5, 5.41) is 0.457. The smallest absolute Gasteiger partial charge is 0.281 e. The molecule has 1 saturated heterocycles. The maximum atomic E-state index is 12.5. The van der Waals surface area contributed by atoms with E-state index >= 15 is 0 Å². The van der Waals surface area contributed by atoms with Crippen molar-refractivity contribution in [2.45, 2.75) is 0 Å². The highest BCUT2D eigenvalue weighted by Gasteiger charge is 2.36. The van der Waals surface area contributed by atoms with Gasteiger partial charge in [0, 0.05) is 13.1 Å². The largest absolute Gasteiger partial charge is 0.465 e. The third-order valence-corrected chi connectivity index (χ3v) is 3.55. The van der Waals surface area contributed by atoms with Crippen LogP contribution >= 0.6 is 12.2 Å². The van der Waals surface area contributed by atoms with Gasteiger partial charge in [0.2, 0.25) is 0 Å². The fourth-order valence-corrected chi connectivity index (χ4v) is 2.36. The zero-order chi connectivity index (χ0) is 14.1. The number of carbonyl (C=O) groups excluding carboxylic acids is 1. The summed E-state index contributed by atoms with van der Waals surface area (Å²) >= 11 is 5.35. The number of thiocarbonyl (C=S) groups is 1. The topological polar surface area (TPSA) is 36.7 Å². The van der Waals surface area contributed by atoms with Gasteiger partial charge >= 0.3 is 0 Å². The fraction of sp³-hybridized carbons (Fsp3) is 0.0667. The van der Waals surface area contributed by atoms with Crippen LogP contribution in [0.4, 0.5) is 5.69 Å². The summed E-state index contributed by atoms with van der Waals surface area (Å²) in [5.41, 5.74) is 1.26. The first-order valence-electron chi connectivity index (χ1n) is 6.11. The lowest BCUT2D eigenvalue weighted by Crippen LogP contribution is -2.30. The Morgan fingerprint density at radius 1 is 1.15 bits per heavy atom. The molecule has 4 nitrogen and oxygen atoms in total. The number of hydrogen-bond acceptors (Lipinski definition) is 3. The van der Waals surface area contributed by atoms with Crippen molar-refractivity contribution >= 4 is 35.0 Å². The molecule has 0 bridgehead atoms. The lowest BCUT2D eigenvalue weighted by molar-refractivity contribution is -0.114. The molecule has 2 aromatic rings. The summed E-state index contributed by atoms with van der Waals surface area (Å²) in [6.07, 6.45) is 3.26. The number of para-hydroxylation sites is 1. The lowest BCUT2D eigenvalue weighted by atomic mass is 10.3. The molecule has 0 aliphatic carbocycles. The van der Waals surface area contributed by atoms with Gasteiger partial charge < -0.3 is 9.32 Å². The predicted octanol–water partition coefficient (Wildman–Crippen LogP) is 2.88. The monoisotopic (exact) mass is 284 g/mol. The molecule has 0 saturated carbocycles. The van der Waals surface area contributed by atoms with Gasteiger partial charge in [-0.15, -0.1) is 0 Å². The minimum atomic E-state index is -0.153. The molecular formula is C15H12N2O2S. The van der Waals surface area contributed by atoms with Gasteiger partial charge in [-0.1, -0.05) is 18.2 Å². The summed E-state index contributed by atoms with van der Waals surface area (Å²) in [6, 6.07) is 12.9. The lowest BCUT2D eigenvalue weighted by Gasteiger charge is -2.16. The van der Waals surface area contributed by atoms with E-state index in [2.05, 4.69) is 0 Å². The summed E-state index contributed by atoms with van der Waals surface area (Å²) in [5.74, 6) is 0.470. The van der Waals surface area contributed by atoms with Crippen LogP contribution in [0, 0.1) is 0 Å². The molecule has 0 radical (unpaired) electrons. The molecule has 2 heterocycles. The van der Waals surface area contributed by atoms with Crippen molar-refractivity contribution in [2.24, 2.45) is 0 Å². The van der Waals surface area contributed by atoms with Crippen molar-refractivity contribution in [3.63, 3.8) is 0 Å². The zero-order valence-corrected chi connectivity index (χ0v) is 11.6. The molecule has 20 heavy (non-hydrogen) atoms. The van der Waals surface area contributed by atoms with Crippen LogP contribution < -0.4 is 4.90 Å². The average molecular weight is 284 g/mol. The molecule has 0 unspecified atom stereocenters. The maximum absolute atomic E-state index is 12.5. The Balaban J connectivity index is 2.01. The molecular weight excluding hydrogens is 272 g/mol. The normalized spacial score (nSPS) is 17.4. The number of benzene rings is 1. The Morgan fingerprint density at radius 3 is 2.55 bits per heavy atom. The Labute approximate surface area is 121 Å². The SMILES string of the molecule is CN1C(=S)N(c2ccccc2)C(=O)/C1=C\c1ccco1. The van der Waals surface area contributed by atoms with Crippen LogP contribution in [0.25, 0.3) is 6.08 Å². The van der Waals surface area contributed by atoms with Crippen molar-refractivity contribution in [3.05, 3.63) is 60.2 Å². The molecule has 1 aliphatic rings. The van der Waals surface area contributed by atoms with E-state index in [-0.39, 0.29) is 5.91 Å². The van der Waals surface area contributed by atoms with E-state index in [0.717, 1.165) is 5.69 Å². The number of nitrogens with zero attached hydrogens (tertiary/aromatic N) is 2. The van der Waals surface area contributed by atoms with Gasteiger partial charge in [-0.3, -0.25) is 9.69 Å². The van der Waals surface area contributed by atoms with Gasteiger partial charge in [-0.25, -0.2) is 0 Å². The Morgan fingerprint density at radius 2 is 1.90 bits per heavy atom. The minimum Gasteiger partial charge on any atom is -0.465 e. The van der Waals surface area contributed by atoms with Crippen LogP contribution in [-0.2, 0) is 4.79 Å². The second-order valence-electron chi connectivity index (χ2n) is 4.36. The van der Waals surface area contributed by atoms with Gasteiger partial charge in [0.05, 0.1) is 12.0 Å². The van der Waals surface area contributed by atoms with Crippen LogP contribution in [0.2, 0.25) is 0 Å². The van der Waals surface area contributed by atoms with Crippen molar-refractivity contribution in [2.75, 3.05) is 11.9 Å². The summed E-state index contributed by atoms with van der Waals surface area (Å²) < 4.78 is 5.25. The van der Waals surface area contributed by atoms with Crippen molar-refractivity contribution in [1.82, 2.24) is 4.90 Å². The number of furan rings is 1. The molecule has 3 rings (SSSR count). The summed E-state index contributed by atoms with van der Waals surface area (Å²) in [4.78, 5) is 15.7. The number of anilines is 1. The maximum Gasteiger partial charge on any atom is 0.281 e. The van der Waals surface area contributed by atoms with E-state index in [1.807, 2.05) is 30.3 Å². The van der Waals surface area contributed by atoms with E-state index in [4.69, 9.17) is 16.6 Å². The van der Waals surface area contributed by atoms with Gasteiger partial charge in [-0.2, -0.15) is 0 Å². The molecule has 1 aromatic heterocycles. The molecule has 1 aromatic carbocycles. The van der Waals surface area contributed by atoms with E-state index in [1.165, 1.54) is 4.90 Å². The van der Waals surface area contributed by atoms with Crippen molar-refractivity contribution in [3.8, 4) is 0 Å². The van der Waals surface area contributed by atoms with Gasteiger partial charge in [0.1, 0.15) is 11.5 Å². The summed E-state index contributed by atoms with van der Waals surface area (Å²) in [6.45, 7) is 0. The van der Waals surface area contributed by atoms with E-state index in [9.17, 15) is 4.79 Å². The van der Waals surface area contributed by atoms with E-state index < -0.39 is 0 Å². The molecule has 100 valence electrons. The molecule has 0 spiro atoms. The fourth-order valence-electron chi connectivity index (χ4n) is 2.07. The zero-order valence-electron chi connectivity index (χ0n) is 10.8. The standard InChI is InChI=1S/C15H12N2O2S/c1-16-13(10-12-8-5-9-19-12)14(18)17(15(16)20)11-6-3-2-4-7-11/h2-10H,1H3/b13-10+. The predicted molar refractivity (Wildman–Crippen MR) is 81.0 cm³/mol. The summed E-state index contributed by atoms with van der Waals surface area (Å²) in [7, 11) is 1.78.